The minimum absolute atomic E-state index is 0.419. The van der Waals surface area contributed by atoms with E-state index in [1.165, 1.54) is 11.1 Å². The van der Waals surface area contributed by atoms with Gasteiger partial charge in [0.05, 0.1) is 0 Å². The van der Waals surface area contributed by atoms with E-state index in [0.717, 1.165) is 25.8 Å². The fourth-order valence-corrected chi connectivity index (χ4v) is 2.21. The number of pyridine rings is 2. The summed E-state index contributed by atoms with van der Waals surface area (Å²) in [4.78, 5) is 8.17. The Hall–Kier alpha value is -1.74. The van der Waals surface area contributed by atoms with E-state index < -0.39 is 0 Å². The minimum Gasteiger partial charge on any atom is -0.330 e. The molecule has 18 heavy (non-hydrogen) atoms. The second-order valence-corrected chi connectivity index (χ2v) is 4.40. The number of nitrogens with zero attached hydrogens (tertiary/aromatic N) is 2. The Bertz CT molecular complexity index is 402. The lowest BCUT2D eigenvalue weighted by Crippen LogP contribution is -2.04. The molecule has 0 aliphatic rings. The maximum absolute atomic E-state index is 5.57. The Labute approximate surface area is 108 Å². The summed E-state index contributed by atoms with van der Waals surface area (Å²) in [6.07, 6.45) is 10.8. The largest absolute Gasteiger partial charge is 0.330 e. The van der Waals surface area contributed by atoms with Crippen LogP contribution in [0.15, 0.2) is 49.1 Å². The maximum Gasteiger partial charge on any atom is 0.0270 e. The zero-order chi connectivity index (χ0) is 12.6. The topological polar surface area (TPSA) is 51.8 Å². The van der Waals surface area contributed by atoms with Crippen molar-refractivity contribution < 1.29 is 0 Å². The van der Waals surface area contributed by atoms with Crippen molar-refractivity contribution >= 4 is 0 Å². The van der Waals surface area contributed by atoms with E-state index in [0.29, 0.717) is 5.92 Å². The van der Waals surface area contributed by atoms with Crippen molar-refractivity contribution in [1.29, 1.82) is 0 Å². The highest BCUT2D eigenvalue weighted by Gasteiger charge is 2.13. The molecule has 0 amide bonds. The van der Waals surface area contributed by atoms with Crippen LogP contribution in [0.4, 0.5) is 0 Å². The third-order valence-electron chi connectivity index (χ3n) is 3.16. The van der Waals surface area contributed by atoms with E-state index in [1.54, 1.807) is 0 Å². The van der Waals surface area contributed by atoms with Gasteiger partial charge in [-0.1, -0.05) is 6.42 Å². The Morgan fingerprint density at radius 3 is 1.78 bits per heavy atom. The van der Waals surface area contributed by atoms with Gasteiger partial charge < -0.3 is 5.73 Å². The van der Waals surface area contributed by atoms with Gasteiger partial charge >= 0.3 is 0 Å². The molecular formula is C15H19N3. The molecule has 0 radical (unpaired) electrons. The molecule has 0 aromatic carbocycles. The first kappa shape index (κ1) is 12.7. The van der Waals surface area contributed by atoms with Gasteiger partial charge in [-0.2, -0.15) is 0 Å². The van der Waals surface area contributed by atoms with Crippen LogP contribution in [0.3, 0.4) is 0 Å². The van der Waals surface area contributed by atoms with Crippen LogP contribution in [0, 0.1) is 0 Å². The standard InChI is InChI=1S/C15H19N3/c16-8-2-1-3-15(13-4-9-17-10-5-13)14-6-11-18-12-7-14/h4-7,9-12,15H,1-3,8,16H2. The quantitative estimate of drug-likeness (QED) is 0.791. The van der Waals surface area contributed by atoms with E-state index in [9.17, 15) is 0 Å². The van der Waals surface area contributed by atoms with E-state index in [2.05, 4.69) is 34.2 Å². The van der Waals surface area contributed by atoms with Crippen LogP contribution in [0.25, 0.3) is 0 Å². The van der Waals surface area contributed by atoms with Crippen molar-refractivity contribution in [3.05, 3.63) is 60.2 Å². The lowest BCUT2D eigenvalue weighted by atomic mass is 9.88. The van der Waals surface area contributed by atoms with Crippen molar-refractivity contribution in [3.63, 3.8) is 0 Å². The average Bonchev–Trinajstić information content (AvgIpc) is 2.46. The van der Waals surface area contributed by atoms with Crippen LogP contribution in [0.2, 0.25) is 0 Å². The van der Waals surface area contributed by atoms with Gasteiger partial charge in [0.2, 0.25) is 0 Å². The van der Waals surface area contributed by atoms with E-state index in [4.69, 9.17) is 5.73 Å². The van der Waals surface area contributed by atoms with Crippen molar-refractivity contribution in [2.75, 3.05) is 6.54 Å². The van der Waals surface area contributed by atoms with E-state index in [1.807, 2.05) is 24.8 Å². The van der Waals surface area contributed by atoms with Gasteiger partial charge in [0, 0.05) is 30.7 Å². The summed E-state index contributed by atoms with van der Waals surface area (Å²) in [5.74, 6) is 0.419. The summed E-state index contributed by atoms with van der Waals surface area (Å²) in [5, 5.41) is 0. The van der Waals surface area contributed by atoms with Crippen LogP contribution in [0.1, 0.15) is 36.3 Å². The fourth-order valence-electron chi connectivity index (χ4n) is 2.21. The smallest absolute Gasteiger partial charge is 0.0270 e. The summed E-state index contributed by atoms with van der Waals surface area (Å²) in [5.41, 5.74) is 8.20. The molecule has 0 unspecified atom stereocenters. The first-order valence-electron chi connectivity index (χ1n) is 6.41. The molecule has 3 heteroatoms. The van der Waals surface area contributed by atoms with Gasteiger partial charge in [0.25, 0.3) is 0 Å². The molecule has 2 aromatic rings. The molecule has 0 fully saturated rings. The molecule has 0 bridgehead atoms. The molecule has 2 aromatic heterocycles. The highest BCUT2D eigenvalue weighted by molar-refractivity contribution is 5.29. The second-order valence-electron chi connectivity index (χ2n) is 4.40. The van der Waals surface area contributed by atoms with Gasteiger partial charge in [0.15, 0.2) is 0 Å². The third-order valence-corrected chi connectivity index (χ3v) is 3.16. The van der Waals surface area contributed by atoms with Crippen molar-refractivity contribution in [2.24, 2.45) is 5.73 Å². The van der Waals surface area contributed by atoms with Gasteiger partial charge in [-0.15, -0.1) is 0 Å². The number of aromatic nitrogens is 2. The number of hydrogen-bond donors (Lipinski definition) is 1. The normalized spacial score (nSPS) is 10.8. The maximum atomic E-state index is 5.57. The summed E-state index contributed by atoms with van der Waals surface area (Å²) in [7, 11) is 0. The lowest BCUT2D eigenvalue weighted by Gasteiger charge is -2.17. The number of unbranched alkanes of at least 4 members (excludes halogenated alkanes) is 1. The van der Waals surface area contributed by atoms with Crippen LogP contribution >= 0.6 is 0 Å². The Morgan fingerprint density at radius 1 is 0.833 bits per heavy atom. The third kappa shape index (κ3) is 3.37. The Balaban J connectivity index is 2.18. The summed E-state index contributed by atoms with van der Waals surface area (Å²) < 4.78 is 0. The number of rotatable bonds is 6. The molecule has 0 saturated carbocycles. The predicted octanol–water partition coefficient (Wildman–Crippen LogP) is 2.74. The molecule has 0 saturated heterocycles. The molecule has 0 aliphatic carbocycles. The molecule has 3 nitrogen and oxygen atoms in total. The van der Waals surface area contributed by atoms with Crippen molar-refractivity contribution in [3.8, 4) is 0 Å². The zero-order valence-corrected chi connectivity index (χ0v) is 10.5. The van der Waals surface area contributed by atoms with Crippen LogP contribution in [-0.2, 0) is 0 Å². The molecule has 0 atom stereocenters. The van der Waals surface area contributed by atoms with Crippen molar-refractivity contribution in [2.45, 2.75) is 25.2 Å². The fraction of sp³-hybridized carbons (Fsp3) is 0.333. The molecule has 0 spiro atoms. The molecule has 0 aliphatic heterocycles. The van der Waals surface area contributed by atoms with Gasteiger partial charge in [-0.25, -0.2) is 0 Å². The molecule has 2 rings (SSSR count). The van der Waals surface area contributed by atoms with Gasteiger partial charge in [0.1, 0.15) is 0 Å². The van der Waals surface area contributed by atoms with Gasteiger partial charge in [-0.3, -0.25) is 9.97 Å². The molecule has 2 N–H and O–H groups in total. The van der Waals surface area contributed by atoms with Crippen molar-refractivity contribution in [1.82, 2.24) is 9.97 Å². The summed E-state index contributed by atoms with van der Waals surface area (Å²) in [6, 6.07) is 8.36. The molecular weight excluding hydrogens is 222 g/mol. The SMILES string of the molecule is NCCCCC(c1ccncc1)c1ccncc1. The van der Waals surface area contributed by atoms with Crippen LogP contribution < -0.4 is 5.73 Å². The number of nitrogens with two attached hydrogens (primary N) is 1. The summed E-state index contributed by atoms with van der Waals surface area (Å²) in [6.45, 7) is 0.763. The van der Waals surface area contributed by atoms with Gasteiger partial charge in [-0.05, 0) is 54.8 Å². The van der Waals surface area contributed by atoms with E-state index >= 15 is 0 Å². The highest BCUT2D eigenvalue weighted by atomic mass is 14.6. The zero-order valence-electron chi connectivity index (χ0n) is 10.5. The Kier molecular flexibility index (Phi) is 4.85. The second kappa shape index (κ2) is 6.87. The number of hydrogen-bond acceptors (Lipinski definition) is 3. The summed E-state index contributed by atoms with van der Waals surface area (Å²) >= 11 is 0. The predicted molar refractivity (Wildman–Crippen MR) is 73.2 cm³/mol. The first-order chi connectivity index (χ1) is 8.92. The monoisotopic (exact) mass is 241 g/mol. The first-order valence-corrected chi connectivity index (χ1v) is 6.41. The Morgan fingerprint density at radius 2 is 1.33 bits per heavy atom. The van der Waals surface area contributed by atoms with Crippen LogP contribution in [0.5, 0.6) is 0 Å². The lowest BCUT2D eigenvalue weighted by molar-refractivity contribution is 0.631. The average molecular weight is 241 g/mol. The highest BCUT2D eigenvalue weighted by Crippen LogP contribution is 2.28. The molecule has 2 heterocycles. The minimum atomic E-state index is 0.419. The molecule has 94 valence electrons. The van der Waals surface area contributed by atoms with E-state index in [-0.39, 0.29) is 0 Å². The van der Waals surface area contributed by atoms with Crippen LogP contribution in [-0.4, -0.2) is 16.5 Å².